The number of halogens is 1. The van der Waals surface area contributed by atoms with E-state index in [1.165, 1.54) is 19.2 Å². The minimum absolute atomic E-state index is 0.0282. The third kappa shape index (κ3) is 5.20. The predicted molar refractivity (Wildman–Crippen MR) is 98.4 cm³/mol. The molecule has 1 atom stereocenters. The van der Waals surface area contributed by atoms with Gasteiger partial charge in [0, 0.05) is 11.6 Å². The first-order valence-corrected chi connectivity index (χ1v) is 8.56. The molecular weight excluding hydrogens is 356 g/mol. The Hall–Kier alpha value is -2.60. The third-order valence-electron chi connectivity index (χ3n) is 3.79. The highest BCUT2D eigenvalue weighted by atomic mass is 35.5. The molecule has 0 saturated heterocycles. The molecule has 2 aromatic rings. The van der Waals surface area contributed by atoms with Crippen molar-refractivity contribution in [1.29, 1.82) is 0 Å². The van der Waals surface area contributed by atoms with Crippen LogP contribution in [-0.4, -0.2) is 30.6 Å². The number of amides is 1. The van der Waals surface area contributed by atoms with Crippen LogP contribution in [0.25, 0.3) is 0 Å². The number of pyridine rings is 1. The fourth-order valence-corrected chi connectivity index (χ4v) is 2.75. The van der Waals surface area contributed by atoms with Gasteiger partial charge in [0.25, 0.3) is 5.91 Å². The first-order chi connectivity index (χ1) is 12.4. The Bertz CT molecular complexity index is 795. The molecule has 0 aliphatic rings. The Balaban J connectivity index is 2.28. The molecule has 1 heterocycles. The first-order valence-electron chi connectivity index (χ1n) is 8.18. The number of esters is 1. The number of benzene rings is 1. The van der Waals surface area contributed by atoms with Crippen LogP contribution >= 0.6 is 11.6 Å². The Labute approximate surface area is 157 Å². The van der Waals surface area contributed by atoms with Gasteiger partial charge in [-0.15, -0.1) is 0 Å². The van der Waals surface area contributed by atoms with Gasteiger partial charge in [0.1, 0.15) is 5.15 Å². The molecule has 0 aliphatic carbocycles. The number of ether oxygens (including phenoxy) is 2. The lowest BCUT2D eigenvalue weighted by atomic mass is 9.98. The SMILES string of the molecule is CCOC(=O)C[C@H](NC(=O)c1cc(Cl)nc(OC)c1)c1ccccc1C. The Morgan fingerprint density at radius 2 is 2.00 bits per heavy atom. The molecule has 1 aromatic carbocycles. The van der Waals surface area contributed by atoms with Gasteiger partial charge in [-0.25, -0.2) is 4.98 Å². The lowest BCUT2D eigenvalue weighted by molar-refractivity contribution is -0.143. The highest BCUT2D eigenvalue weighted by molar-refractivity contribution is 6.29. The highest BCUT2D eigenvalue weighted by Gasteiger charge is 2.22. The maximum absolute atomic E-state index is 12.7. The molecule has 0 fully saturated rings. The summed E-state index contributed by atoms with van der Waals surface area (Å²) in [5.74, 6) is -0.531. The van der Waals surface area contributed by atoms with Crippen LogP contribution in [-0.2, 0) is 9.53 Å². The van der Waals surface area contributed by atoms with E-state index in [1.807, 2.05) is 31.2 Å². The fraction of sp³-hybridized carbons (Fsp3) is 0.316. The van der Waals surface area contributed by atoms with E-state index in [9.17, 15) is 9.59 Å². The minimum Gasteiger partial charge on any atom is -0.481 e. The molecule has 6 nitrogen and oxygen atoms in total. The highest BCUT2D eigenvalue weighted by Crippen LogP contribution is 2.23. The van der Waals surface area contributed by atoms with Crippen molar-refractivity contribution in [3.63, 3.8) is 0 Å². The smallest absolute Gasteiger partial charge is 0.308 e. The Morgan fingerprint density at radius 1 is 1.27 bits per heavy atom. The van der Waals surface area contributed by atoms with Crippen molar-refractivity contribution < 1.29 is 19.1 Å². The maximum Gasteiger partial charge on any atom is 0.308 e. The zero-order valence-corrected chi connectivity index (χ0v) is 15.7. The zero-order valence-electron chi connectivity index (χ0n) is 14.9. The number of rotatable bonds is 7. The van der Waals surface area contributed by atoms with Gasteiger partial charge in [0.05, 0.1) is 26.2 Å². The van der Waals surface area contributed by atoms with Crippen LogP contribution in [0.4, 0.5) is 0 Å². The van der Waals surface area contributed by atoms with Gasteiger partial charge < -0.3 is 14.8 Å². The third-order valence-corrected chi connectivity index (χ3v) is 3.98. The molecule has 1 amide bonds. The van der Waals surface area contributed by atoms with Gasteiger partial charge in [-0.3, -0.25) is 9.59 Å². The van der Waals surface area contributed by atoms with Crippen molar-refractivity contribution in [3.8, 4) is 5.88 Å². The van der Waals surface area contributed by atoms with E-state index in [0.29, 0.717) is 5.56 Å². The van der Waals surface area contributed by atoms with Crippen molar-refractivity contribution in [2.45, 2.75) is 26.3 Å². The standard InChI is InChI=1S/C19H21ClN2O4/c1-4-26-18(23)11-15(14-8-6-5-7-12(14)2)21-19(24)13-9-16(20)22-17(10-13)25-3/h5-10,15H,4,11H2,1-3H3,(H,21,24)/t15-/m0/s1. The summed E-state index contributed by atoms with van der Waals surface area (Å²) >= 11 is 5.93. The predicted octanol–water partition coefficient (Wildman–Crippen LogP) is 3.48. The molecule has 0 unspecified atom stereocenters. The average molecular weight is 377 g/mol. The summed E-state index contributed by atoms with van der Waals surface area (Å²) in [6, 6.07) is 9.96. The van der Waals surface area contributed by atoms with Gasteiger partial charge >= 0.3 is 5.97 Å². The number of carbonyl (C=O) groups is 2. The largest absolute Gasteiger partial charge is 0.481 e. The number of nitrogens with zero attached hydrogens (tertiary/aromatic N) is 1. The lowest BCUT2D eigenvalue weighted by Gasteiger charge is -2.20. The molecule has 0 radical (unpaired) electrons. The lowest BCUT2D eigenvalue weighted by Crippen LogP contribution is -2.31. The summed E-state index contributed by atoms with van der Waals surface area (Å²) < 4.78 is 10.1. The Morgan fingerprint density at radius 3 is 2.65 bits per heavy atom. The van der Waals surface area contributed by atoms with Crippen LogP contribution < -0.4 is 10.1 Å². The van der Waals surface area contributed by atoms with E-state index in [2.05, 4.69) is 10.3 Å². The van der Waals surface area contributed by atoms with Crippen molar-refractivity contribution >= 4 is 23.5 Å². The fourth-order valence-electron chi connectivity index (χ4n) is 2.55. The van der Waals surface area contributed by atoms with Crippen molar-refractivity contribution in [2.24, 2.45) is 0 Å². The summed E-state index contributed by atoms with van der Waals surface area (Å²) in [4.78, 5) is 28.6. The van der Waals surface area contributed by atoms with Crippen LogP contribution in [0.3, 0.4) is 0 Å². The van der Waals surface area contributed by atoms with Crippen molar-refractivity contribution in [2.75, 3.05) is 13.7 Å². The number of methoxy groups -OCH3 is 1. The molecule has 0 saturated carbocycles. The molecule has 1 aromatic heterocycles. The number of carbonyl (C=O) groups excluding carboxylic acids is 2. The molecule has 26 heavy (non-hydrogen) atoms. The molecule has 0 bridgehead atoms. The maximum atomic E-state index is 12.7. The average Bonchev–Trinajstić information content (AvgIpc) is 2.61. The van der Waals surface area contributed by atoms with Crippen LogP contribution in [0.5, 0.6) is 5.88 Å². The van der Waals surface area contributed by atoms with E-state index >= 15 is 0 Å². The van der Waals surface area contributed by atoms with E-state index in [0.717, 1.165) is 11.1 Å². The minimum atomic E-state index is -0.527. The number of aryl methyl sites for hydroxylation is 1. The van der Waals surface area contributed by atoms with Gasteiger partial charge in [0.15, 0.2) is 0 Å². The molecule has 138 valence electrons. The van der Waals surface area contributed by atoms with Crippen LogP contribution in [0.2, 0.25) is 5.15 Å². The van der Waals surface area contributed by atoms with E-state index in [4.69, 9.17) is 21.1 Å². The second-order valence-corrected chi connectivity index (χ2v) is 6.00. The van der Waals surface area contributed by atoms with Crippen LogP contribution in [0.15, 0.2) is 36.4 Å². The molecular formula is C19H21ClN2O4. The van der Waals surface area contributed by atoms with E-state index < -0.39 is 6.04 Å². The zero-order chi connectivity index (χ0) is 19.1. The molecule has 0 spiro atoms. The monoisotopic (exact) mass is 376 g/mol. The number of nitrogens with one attached hydrogen (secondary N) is 1. The van der Waals surface area contributed by atoms with Gasteiger partial charge in [-0.2, -0.15) is 0 Å². The summed E-state index contributed by atoms with van der Waals surface area (Å²) in [5, 5.41) is 3.02. The first kappa shape index (κ1) is 19.7. The van der Waals surface area contributed by atoms with E-state index in [-0.39, 0.29) is 35.9 Å². The molecule has 7 heteroatoms. The van der Waals surface area contributed by atoms with Gasteiger partial charge in [0.2, 0.25) is 5.88 Å². The van der Waals surface area contributed by atoms with Gasteiger partial charge in [-0.05, 0) is 31.0 Å². The van der Waals surface area contributed by atoms with Crippen LogP contribution in [0, 0.1) is 6.92 Å². The number of hydrogen-bond acceptors (Lipinski definition) is 5. The second kappa shape index (κ2) is 9.20. The Kier molecular flexibility index (Phi) is 6.97. The topological polar surface area (TPSA) is 77.5 Å². The van der Waals surface area contributed by atoms with Gasteiger partial charge in [-0.1, -0.05) is 35.9 Å². The summed E-state index contributed by atoms with van der Waals surface area (Å²) in [6.07, 6.45) is 0.0282. The normalized spacial score (nSPS) is 11.5. The van der Waals surface area contributed by atoms with E-state index in [1.54, 1.807) is 6.92 Å². The molecule has 2 rings (SSSR count). The van der Waals surface area contributed by atoms with Crippen LogP contribution in [0.1, 0.15) is 40.9 Å². The van der Waals surface area contributed by atoms with Crippen molar-refractivity contribution in [3.05, 3.63) is 58.2 Å². The molecule has 0 aliphatic heterocycles. The quantitative estimate of drug-likeness (QED) is 0.591. The second-order valence-electron chi connectivity index (χ2n) is 5.61. The summed E-state index contributed by atoms with van der Waals surface area (Å²) in [7, 11) is 1.44. The van der Waals surface area contributed by atoms with Crippen molar-refractivity contribution in [1.82, 2.24) is 10.3 Å². The molecule has 1 N–H and O–H groups in total. The summed E-state index contributed by atoms with van der Waals surface area (Å²) in [5.41, 5.74) is 2.11. The number of hydrogen-bond donors (Lipinski definition) is 1. The number of aromatic nitrogens is 1. The summed E-state index contributed by atoms with van der Waals surface area (Å²) in [6.45, 7) is 3.95.